The molecular formula is C22H39N4O4+. The van der Waals surface area contributed by atoms with E-state index in [1.54, 1.807) is 0 Å². The van der Waals surface area contributed by atoms with E-state index in [-0.39, 0.29) is 24.8 Å². The van der Waals surface area contributed by atoms with Gasteiger partial charge in [-0.3, -0.25) is 14.5 Å². The molecule has 30 heavy (non-hydrogen) atoms. The Morgan fingerprint density at radius 2 is 1.43 bits per heavy atom. The Balaban J connectivity index is 2.52. The van der Waals surface area contributed by atoms with Crippen molar-refractivity contribution >= 4 is 17.6 Å². The number of hydrogen-bond donors (Lipinski definition) is 1. The maximum Gasteiger partial charge on any atom is 0.307 e. The zero-order valence-corrected chi connectivity index (χ0v) is 19.2. The largest absolute Gasteiger partial charge is 0.464 e. The molecule has 0 bridgehead atoms. The lowest BCUT2D eigenvalue weighted by Crippen LogP contribution is -2.38. The highest BCUT2D eigenvalue weighted by molar-refractivity contribution is 5.70. The number of carbonyl (C=O) groups is 2. The summed E-state index contributed by atoms with van der Waals surface area (Å²) >= 11 is 0. The summed E-state index contributed by atoms with van der Waals surface area (Å²) in [5.74, 6) is -0.455. The van der Waals surface area contributed by atoms with Crippen molar-refractivity contribution in [3.63, 3.8) is 0 Å². The number of benzene rings is 1. The first-order valence-electron chi connectivity index (χ1n) is 10.4. The molecule has 1 rings (SSSR count). The monoisotopic (exact) mass is 423 g/mol. The molecule has 0 aliphatic heterocycles. The van der Waals surface area contributed by atoms with Crippen molar-refractivity contribution in [1.29, 1.82) is 0 Å². The van der Waals surface area contributed by atoms with Crippen molar-refractivity contribution in [3.8, 4) is 0 Å². The van der Waals surface area contributed by atoms with E-state index in [9.17, 15) is 9.59 Å². The molecule has 0 saturated carbocycles. The topological polar surface area (TPSA) is 85.1 Å². The number of quaternary nitrogens is 1. The molecule has 0 aromatic heterocycles. The highest BCUT2D eigenvalue weighted by Gasteiger charge is 2.14. The van der Waals surface area contributed by atoms with Gasteiger partial charge in [0.1, 0.15) is 19.8 Å². The van der Waals surface area contributed by atoms with Crippen LogP contribution in [0.4, 0.5) is 5.69 Å². The molecule has 0 fully saturated rings. The molecule has 0 aliphatic rings. The first-order valence-corrected chi connectivity index (χ1v) is 10.4. The molecule has 1 aromatic carbocycles. The molecule has 0 radical (unpaired) electrons. The van der Waals surface area contributed by atoms with Gasteiger partial charge in [0.15, 0.2) is 0 Å². The van der Waals surface area contributed by atoms with E-state index in [0.717, 1.165) is 16.6 Å². The third-order valence-electron chi connectivity index (χ3n) is 4.48. The molecule has 0 unspecified atom stereocenters. The quantitative estimate of drug-likeness (QED) is 0.273. The summed E-state index contributed by atoms with van der Waals surface area (Å²) in [6.07, 6.45) is 0.556. The molecule has 0 spiro atoms. The third kappa shape index (κ3) is 13.1. The molecule has 8 nitrogen and oxygen atoms in total. The predicted octanol–water partition coefficient (Wildman–Crippen LogP) is 1.21. The molecule has 0 atom stereocenters. The number of anilines is 1. The van der Waals surface area contributed by atoms with Crippen molar-refractivity contribution in [2.24, 2.45) is 0 Å². The molecule has 8 heteroatoms. The van der Waals surface area contributed by atoms with Crippen LogP contribution in [0.2, 0.25) is 0 Å². The highest BCUT2D eigenvalue weighted by Crippen LogP contribution is 2.10. The molecule has 0 saturated heterocycles. The standard InChI is InChI=1S/C22H39N4O4/c1-24(2)14-16-29-21(27)10-12-25(18-19-6-8-20(23)9-7-19)13-11-22(28)30-17-15-26(3,4)5/h6-9H,10-18,23H2,1-5H3/q+1. The Morgan fingerprint density at radius 3 is 1.93 bits per heavy atom. The lowest BCUT2D eigenvalue weighted by molar-refractivity contribution is -0.870. The van der Waals surface area contributed by atoms with Crippen LogP contribution < -0.4 is 5.73 Å². The molecule has 1 aromatic rings. The van der Waals surface area contributed by atoms with Gasteiger partial charge in [0.25, 0.3) is 0 Å². The van der Waals surface area contributed by atoms with Crippen LogP contribution in [0.5, 0.6) is 0 Å². The van der Waals surface area contributed by atoms with E-state index in [4.69, 9.17) is 15.2 Å². The van der Waals surface area contributed by atoms with Crippen molar-refractivity contribution in [1.82, 2.24) is 9.80 Å². The number of ether oxygens (including phenoxy) is 2. The van der Waals surface area contributed by atoms with Gasteiger partial charge < -0.3 is 24.6 Å². The Labute approximate surface area is 181 Å². The minimum absolute atomic E-state index is 0.223. The first kappa shape index (κ1) is 25.9. The maximum atomic E-state index is 12.1. The minimum atomic E-state index is -0.232. The minimum Gasteiger partial charge on any atom is -0.464 e. The highest BCUT2D eigenvalue weighted by atomic mass is 16.5. The van der Waals surface area contributed by atoms with E-state index < -0.39 is 0 Å². The normalized spacial score (nSPS) is 11.7. The number of hydrogen-bond acceptors (Lipinski definition) is 7. The average molecular weight is 424 g/mol. The van der Waals surface area contributed by atoms with Gasteiger partial charge in [-0.1, -0.05) is 12.1 Å². The van der Waals surface area contributed by atoms with Gasteiger partial charge in [0.2, 0.25) is 0 Å². The average Bonchev–Trinajstić information content (AvgIpc) is 2.64. The van der Waals surface area contributed by atoms with E-state index in [1.165, 1.54) is 0 Å². The van der Waals surface area contributed by atoms with Crippen molar-refractivity contribution in [2.45, 2.75) is 19.4 Å². The van der Waals surface area contributed by atoms with E-state index in [1.807, 2.05) is 43.3 Å². The van der Waals surface area contributed by atoms with Crippen LogP contribution in [0.25, 0.3) is 0 Å². The Kier molecular flexibility index (Phi) is 11.4. The summed E-state index contributed by atoms with van der Waals surface area (Å²) in [7, 11) is 10.0. The summed E-state index contributed by atoms with van der Waals surface area (Å²) in [5.41, 5.74) is 7.54. The number of nitrogens with two attached hydrogens (primary N) is 1. The fourth-order valence-corrected chi connectivity index (χ4v) is 2.57. The van der Waals surface area contributed by atoms with E-state index in [0.29, 0.717) is 45.1 Å². The van der Waals surface area contributed by atoms with Gasteiger partial charge in [-0.25, -0.2) is 0 Å². The number of likely N-dealkylation sites (N-methyl/N-ethyl adjacent to an activating group) is 2. The fraction of sp³-hybridized carbons (Fsp3) is 0.636. The summed E-state index contributed by atoms with van der Waals surface area (Å²) in [4.78, 5) is 28.2. The molecule has 170 valence electrons. The van der Waals surface area contributed by atoms with Crippen molar-refractivity contribution in [3.05, 3.63) is 29.8 Å². The second kappa shape index (κ2) is 13.2. The van der Waals surface area contributed by atoms with Gasteiger partial charge in [-0.15, -0.1) is 0 Å². The first-order chi connectivity index (χ1) is 14.0. The zero-order valence-electron chi connectivity index (χ0n) is 19.2. The fourth-order valence-electron chi connectivity index (χ4n) is 2.57. The Bertz CT molecular complexity index is 642. The van der Waals surface area contributed by atoms with Crippen LogP contribution in [-0.2, 0) is 25.6 Å². The van der Waals surface area contributed by atoms with Crippen molar-refractivity contribution < 1.29 is 23.5 Å². The summed E-state index contributed by atoms with van der Waals surface area (Å²) in [6.45, 7) is 3.88. The van der Waals surface area contributed by atoms with Crippen LogP contribution in [0, 0.1) is 0 Å². The van der Waals surface area contributed by atoms with E-state index >= 15 is 0 Å². The van der Waals surface area contributed by atoms with Gasteiger partial charge >= 0.3 is 11.9 Å². The summed E-state index contributed by atoms with van der Waals surface area (Å²) < 4.78 is 11.3. The van der Waals surface area contributed by atoms with Crippen molar-refractivity contribution in [2.75, 3.05) is 80.4 Å². The summed E-state index contributed by atoms with van der Waals surface area (Å²) in [6, 6.07) is 7.61. The number of esters is 2. The van der Waals surface area contributed by atoms with Gasteiger partial charge in [-0.05, 0) is 31.8 Å². The Morgan fingerprint density at radius 1 is 0.900 bits per heavy atom. The predicted molar refractivity (Wildman–Crippen MR) is 119 cm³/mol. The Hall–Kier alpha value is -2.16. The summed E-state index contributed by atoms with van der Waals surface area (Å²) in [5, 5.41) is 0. The second-order valence-electron chi connectivity index (χ2n) is 8.78. The van der Waals surface area contributed by atoms with Crippen LogP contribution in [0.3, 0.4) is 0 Å². The second-order valence-corrected chi connectivity index (χ2v) is 8.78. The van der Waals surface area contributed by atoms with Gasteiger partial charge in [-0.2, -0.15) is 0 Å². The molecule has 0 amide bonds. The van der Waals surface area contributed by atoms with Crippen LogP contribution >= 0.6 is 0 Å². The third-order valence-corrected chi connectivity index (χ3v) is 4.48. The maximum absolute atomic E-state index is 12.1. The number of nitrogens with zero attached hydrogens (tertiary/aromatic N) is 3. The number of nitrogen functional groups attached to an aromatic ring is 1. The lowest BCUT2D eigenvalue weighted by atomic mass is 10.2. The number of carbonyl (C=O) groups excluding carboxylic acids is 2. The smallest absolute Gasteiger partial charge is 0.307 e. The van der Waals surface area contributed by atoms with Crippen LogP contribution in [0.15, 0.2) is 24.3 Å². The SMILES string of the molecule is CN(C)CCOC(=O)CCN(CCC(=O)OCC[N+](C)(C)C)Cc1ccc(N)cc1. The molecule has 0 aliphatic carbocycles. The van der Waals surface area contributed by atoms with Crippen LogP contribution in [0.1, 0.15) is 18.4 Å². The van der Waals surface area contributed by atoms with Gasteiger partial charge in [0.05, 0.1) is 34.0 Å². The molecule has 2 N–H and O–H groups in total. The van der Waals surface area contributed by atoms with Gasteiger partial charge in [0, 0.05) is 31.9 Å². The van der Waals surface area contributed by atoms with Crippen LogP contribution in [-0.4, -0.2) is 101 Å². The molecule has 0 heterocycles. The number of rotatable bonds is 14. The van der Waals surface area contributed by atoms with E-state index in [2.05, 4.69) is 26.0 Å². The molecular weight excluding hydrogens is 384 g/mol. The zero-order chi connectivity index (χ0) is 22.6. The lowest BCUT2D eigenvalue weighted by Gasteiger charge is -2.24.